The van der Waals surface area contributed by atoms with E-state index in [-0.39, 0.29) is 5.91 Å². The summed E-state index contributed by atoms with van der Waals surface area (Å²) in [4.78, 5) is 19.8. The van der Waals surface area contributed by atoms with E-state index in [1.165, 1.54) is 0 Å². The van der Waals surface area contributed by atoms with E-state index in [9.17, 15) is 4.79 Å². The highest BCUT2D eigenvalue weighted by Gasteiger charge is 2.12. The number of nitrogens with zero attached hydrogens (tertiary/aromatic N) is 1. The Labute approximate surface area is 122 Å². The number of carbonyl (C=O) groups excluding carboxylic acids is 1. The quantitative estimate of drug-likeness (QED) is 0.756. The number of nitrogens with one attached hydrogen (secondary N) is 2. The number of rotatable bonds is 5. The van der Waals surface area contributed by atoms with Gasteiger partial charge in [0.05, 0.1) is 22.9 Å². The summed E-state index contributed by atoms with van der Waals surface area (Å²) >= 11 is 0. The van der Waals surface area contributed by atoms with Gasteiger partial charge >= 0.3 is 0 Å². The minimum Gasteiger partial charge on any atom is -0.469 e. The summed E-state index contributed by atoms with van der Waals surface area (Å²) in [6.45, 7) is 2.50. The molecule has 0 radical (unpaired) electrons. The van der Waals surface area contributed by atoms with Crippen molar-refractivity contribution in [1.29, 1.82) is 0 Å². The first-order chi connectivity index (χ1) is 10.3. The number of aromatic amines is 1. The van der Waals surface area contributed by atoms with Gasteiger partial charge in [0.1, 0.15) is 11.6 Å². The SMILES string of the molecule is CCc1occc1C(=O)NCCc1nc2ccccc2[nH]1. The molecule has 0 spiro atoms. The number of hydrogen-bond acceptors (Lipinski definition) is 3. The molecule has 0 aliphatic carbocycles. The van der Waals surface area contributed by atoms with E-state index in [4.69, 9.17) is 4.42 Å². The lowest BCUT2D eigenvalue weighted by Crippen LogP contribution is -2.26. The lowest BCUT2D eigenvalue weighted by molar-refractivity contribution is 0.0952. The predicted octanol–water partition coefficient (Wildman–Crippen LogP) is 2.69. The van der Waals surface area contributed by atoms with Crippen LogP contribution in [0.2, 0.25) is 0 Å². The number of benzene rings is 1. The summed E-state index contributed by atoms with van der Waals surface area (Å²) in [6, 6.07) is 9.59. The molecule has 0 saturated carbocycles. The van der Waals surface area contributed by atoms with Gasteiger partial charge in [-0.25, -0.2) is 4.98 Å². The number of para-hydroxylation sites is 2. The summed E-state index contributed by atoms with van der Waals surface area (Å²) in [5, 5.41) is 2.89. The third kappa shape index (κ3) is 2.81. The van der Waals surface area contributed by atoms with Gasteiger partial charge in [-0.2, -0.15) is 0 Å². The smallest absolute Gasteiger partial charge is 0.254 e. The zero-order valence-electron chi connectivity index (χ0n) is 11.8. The van der Waals surface area contributed by atoms with E-state index in [0.29, 0.717) is 24.9 Å². The molecule has 1 aromatic carbocycles. The van der Waals surface area contributed by atoms with Crippen LogP contribution in [0.15, 0.2) is 41.0 Å². The first kappa shape index (κ1) is 13.4. The lowest BCUT2D eigenvalue weighted by Gasteiger charge is -2.03. The predicted molar refractivity (Wildman–Crippen MR) is 80.2 cm³/mol. The lowest BCUT2D eigenvalue weighted by atomic mass is 10.2. The molecule has 21 heavy (non-hydrogen) atoms. The molecule has 0 saturated heterocycles. The summed E-state index contributed by atoms with van der Waals surface area (Å²) in [7, 11) is 0. The van der Waals surface area contributed by atoms with Crippen LogP contribution < -0.4 is 5.32 Å². The van der Waals surface area contributed by atoms with Crippen LogP contribution >= 0.6 is 0 Å². The molecule has 0 unspecified atom stereocenters. The minimum atomic E-state index is -0.100. The molecule has 0 aliphatic heterocycles. The number of hydrogen-bond donors (Lipinski definition) is 2. The van der Waals surface area contributed by atoms with Crippen molar-refractivity contribution in [2.45, 2.75) is 19.8 Å². The van der Waals surface area contributed by atoms with E-state index in [1.54, 1.807) is 12.3 Å². The third-order valence-electron chi connectivity index (χ3n) is 3.40. The Hall–Kier alpha value is -2.56. The van der Waals surface area contributed by atoms with Crippen LogP contribution in [0.1, 0.15) is 28.9 Å². The Balaban J connectivity index is 1.59. The molecule has 2 N–H and O–H groups in total. The van der Waals surface area contributed by atoms with E-state index in [1.807, 2.05) is 31.2 Å². The topological polar surface area (TPSA) is 70.9 Å². The molecule has 0 atom stereocenters. The summed E-state index contributed by atoms with van der Waals surface area (Å²) in [6.07, 6.45) is 2.92. The van der Waals surface area contributed by atoms with Crippen molar-refractivity contribution in [3.63, 3.8) is 0 Å². The maximum atomic E-state index is 12.0. The molecule has 5 heteroatoms. The molecule has 0 aliphatic rings. The second kappa shape index (κ2) is 5.83. The number of furan rings is 1. The summed E-state index contributed by atoms with van der Waals surface area (Å²) < 4.78 is 5.26. The first-order valence-corrected chi connectivity index (χ1v) is 7.06. The maximum absolute atomic E-state index is 12.0. The largest absolute Gasteiger partial charge is 0.469 e. The van der Waals surface area contributed by atoms with Gasteiger partial charge in [-0.3, -0.25) is 4.79 Å². The van der Waals surface area contributed by atoms with Crippen LogP contribution in [0.4, 0.5) is 0 Å². The van der Waals surface area contributed by atoms with Crippen LogP contribution in [-0.4, -0.2) is 22.4 Å². The molecule has 3 rings (SSSR count). The van der Waals surface area contributed by atoms with Gasteiger partial charge in [0.25, 0.3) is 5.91 Å². The second-order valence-corrected chi connectivity index (χ2v) is 4.82. The number of H-pyrrole nitrogens is 1. The van der Waals surface area contributed by atoms with Crippen molar-refractivity contribution in [2.75, 3.05) is 6.54 Å². The highest BCUT2D eigenvalue weighted by molar-refractivity contribution is 5.95. The van der Waals surface area contributed by atoms with E-state index >= 15 is 0 Å². The van der Waals surface area contributed by atoms with Crippen molar-refractivity contribution in [2.24, 2.45) is 0 Å². The van der Waals surface area contributed by atoms with Crippen molar-refractivity contribution >= 4 is 16.9 Å². The van der Waals surface area contributed by atoms with Gasteiger partial charge in [-0.1, -0.05) is 19.1 Å². The van der Waals surface area contributed by atoms with Crippen LogP contribution in [0.25, 0.3) is 11.0 Å². The number of fused-ring (bicyclic) bond motifs is 1. The minimum absolute atomic E-state index is 0.100. The zero-order valence-corrected chi connectivity index (χ0v) is 11.8. The van der Waals surface area contributed by atoms with Crippen molar-refractivity contribution in [3.8, 4) is 0 Å². The zero-order chi connectivity index (χ0) is 14.7. The standard InChI is InChI=1S/C16H17N3O2/c1-2-14-11(8-10-21-14)16(20)17-9-7-15-18-12-5-3-4-6-13(12)19-15/h3-6,8,10H,2,7,9H2,1H3,(H,17,20)(H,18,19). The van der Waals surface area contributed by atoms with E-state index in [2.05, 4.69) is 15.3 Å². The van der Waals surface area contributed by atoms with E-state index < -0.39 is 0 Å². The summed E-state index contributed by atoms with van der Waals surface area (Å²) in [5.41, 5.74) is 2.57. The number of aryl methyl sites for hydroxylation is 1. The average Bonchev–Trinajstić information content (AvgIpc) is 3.12. The van der Waals surface area contributed by atoms with Gasteiger partial charge in [0.15, 0.2) is 0 Å². The molecular formula is C16H17N3O2. The van der Waals surface area contributed by atoms with Crippen molar-refractivity contribution < 1.29 is 9.21 Å². The normalized spacial score (nSPS) is 10.9. The van der Waals surface area contributed by atoms with Crippen molar-refractivity contribution in [3.05, 3.63) is 53.7 Å². The van der Waals surface area contributed by atoms with Crippen LogP contribution in [0, 0.1) is 0 Å². The van der Waals surface area contributed by atoms with Gasteiger partial charge in [-0.15, -0.1) is 0 Å². The summed E-state index contributed by atoms with van der Waals surface area (Å²) in [5.74, 6) is 1.49. The first-order valence-electron chi connectivity index (χ1n) is 7.06. The number of aromatic nitrogens is 2. The van der Waals surface area contributed by atoms with Crippen LogP contribution in [0.3, 0.4) is 0 Å². The molecule has 5 nitrogen and oxygen atoms in total. The van der Waals surface area contributed by atoms with Gasteiger partial charge in [0, 0.05) is 19.4 Å². The Morgan fingerprint density at radius 3 is 3.00 bits per heavy atom. The van der Waals surface area contributed by atoms with Crippen LogP contribution in [0.5, 0.6) is 0 Å². The fourth-order valence-electron chi connectivity index (χ4n) is 2.33. The van der Waals surface area contributed by atoms with Crippen molar-refractivity contribution in [1.82, 2.24) is 15.3 Å². The molecule has 0 bridgehead atoms. The molecular weight excluding hydrogens is 266 g/mol. The number of carbonyl (C=O) groups is 1. The average molecular weight is 283 g/mol. The molecule has 0 fully saturated rings. The monoisotopic (exact) mass is 283 g/mol. The Kier molecular flexibility index (Phi) is 3.73. The highest BCUT2D eigenvalue weighted by atomic mass is 16.3. The second-order valence-electron chi connectivity index (χ2n) is 4.82. The Bertz CT molecular complexity index is 725. The van der Waals surface area contributed by atoms with E-state index in [0.717, 1.165) is 22.6 Å². The molecule has 2 heterocycles. The highest BCUT2D eigenvalue weighted by Crippen LogP contribution is 2.12. The fourth-order valence-corrected chi connectivity index (χ4v) is 2.33. The third-order valence-corrected chi connectivity index (χ3v) is 3.40. The maximum Gasteiger partial charge on any atom is 0.254 e. The van der Waals surface area contributed by atoms with Crippen LogP contribution in [-0.2, 0) is 12.8 Å². The van der Waals surface area contributed by atoms with Gasteiger partial charge < -0.3 is 14.7 Å². The fraction of sp³-hybridized carbons (Fsp3) is 0.250. The molecule has 3 aromatic rings. The molecule has 1 amide bonds. The number of amides is 1. The Morgan fingerprint density at radius 2 is 2.19 bits per heavy atom. The Morgan fingerprint density at radius 1 is 1.33 bits per heavy atom. The molecule has 2 aromatic heterocycles. The van der Waals surface area contributed by atoms with Gasteiger partial charge in [-0.05, 0) is 18.2 Å². The number of imidazole rings is 1. The molecule has 108 valence electrons. The van der Waals surface area contributed by atoms with Gasteiger partial charge in [0.2, 0.25) is 0 Å².